The first kappa shape index (κ1) is 28.5. The van der Waals surface area contributed by atoms with E-state index in [9.17, 15) is 26.4 Å². The van der Waals surface area contributed by atoms with Crippen molar-refractivity contribution in [3.63, 3.8) is 0 Å². The van der Waals surface area contributed by atoms with E-state index in [0.29, 0.717) is 11.1 Å². The molecule has 38 heavy (non-hydrogen) atoms. The van der Waals surface area contributed by atoms with Crippen molar-refractivity contribution in [1.29, 1.82) is 0 Å². The maximum Gasteiger partial charge on any atom is 0.350 e. The number of carbonyl (C=O) groups excluding carboxylic acids is 2. The van der Waals surface area contributed by atoms with Crippen LogP contribution >= 0.6 is 0 Å². The average molecular weight is 555 g/mol. The van der Waals surface area contributed by atoms with Crippen LogP contribution < -0.4 is 0 Å². The molecule has 10 heteroatoms. The first-order chi connectivity index (χ1) is 18.1. The van der Waals surface area contributed by atoms with Gasteiger partial charge in [-0.05, 0) is 61.4 Å². The van der Waals surface area contributed by atoms with Crippen LogP contribution in [0.3, 0.4) is 0 Å². The Labute approximate surface area is 222 Å². The van der Waals surface area contributed by atoms with Crippen molar-refractivity contribution in [2.45, 2.75) is 23.6 Å². The highest BCUT2D eigenvalue weighted by molar-refractivity contribution is 7.96. The van der Waals surface area contributed by atoms with E-state index in [4.69, 9.17) is 9.47 Å². The quantitative estimate of drug-likeness (QED) is 0.266. The Morgan fingerprint density at radius 1 is 0.579 bits per heavy atom. The lowest BCUT2D eigenvalue weighted by atomic mass is 10.1. The number of carbonyl (C=O) groups is 2. The second kappa shape index (κ2) is 12.5. The highest BCUT2D eigenvalue weighted by atomic mass is 32.2. The van der Waals surface area contributed by atoms with Gasteiger partial charge in [-0.15, -0.1) is 0 Å². The molecule has 0 aliphatic heterocycles. The highest BCUT2D eigenvalue weighted by Crippen LogP contribution is 2.25. The topological polar surface area (TPSA) is 121 Å². The summed E-state index contributed by atoms with van der Waals surface area (Å²) in [6.45, 7) is 3.10. The van der Waals surface area contributed by atoms with Gasteiger partial charge < -0.3 is 9.47 Å². The molecule has 0 radical (unpaired) electrons. The van der Waals surface area contributed by atoms with Crippen LogP contribution in [0.1, 0.15) is 25.0 Å². The molecule has 8 nitrogen and oxygen atoms in total. The van der Waals surface area contributed by atoms with E-state index in [-0.39, 0.29) is 23.0 Å². The van der Waals surface area contributed by atoms with Crippen molar-refractivity contribution in [2.75, 3.05) is 13.2 Å². The third-order valence-electron chi connectivity index (χ3n) is 5.17. The lowest BCUT2D eigenvalue weighted by molar-refractivity contribution is -0.138. The number of sulfone groups is 2. The Bertz CT molecular complexity index is 1430. The van der Waals surface area contributed by atoms with E-state index in [1.165, 1.54) is 60.7 Å². The molecule has 0 spiro atoms. The van der Waals surface area contributed by atoms with Crippen molar-refractivity contribution >= 4 is 43.8 Å². The second-order valence-corrected chi connectivity index (χ2v) is 11.6. The van der Waals surface area contributed by atoms with Crippen molar-refractivity contribution in [1.82, 2.24) is 0 Å². The highest BCUT2D eigenvalue weighted by Gasteiger charge is 2.29. The second-order valence-electron chi connectivity index (χ2n) is 7.76. The summed E-state index contributed by atoms with van der Waals surface area (Å²) in [5, 5.41) is 0. The summed E-state index contributed by atoms with van der Waals surface area (Å²) < 4.78 is 62.6. The van der Waals surface area contributed by atoms with Crippen LogP contribution in [0.25, 0.3) is 12.2 Å². The lowest BCUT2D eigenvalue weighted by Gasteiger charge is -2.10. The molecule has 0 atom stereocenters. The molecule has 0 aromatic heterocycles. The Kier molecular flexibility index (Phi) is 9.38. The minimum Gasteiger partial charge on any atom is -0.462 e. The first-order valence-electron chi connectivity index (χ1n) is 11.6. The van der Waals surface area contributed by atoms with Gasteiger partial charge in [0.1, 0.15) is 0 Å². The van der Waals surface area contributed by atoms with Gasteiger partial charge in [-0.2, -0.15) is 0 Å². The fraction of sp³-hybridized carbons (Fsp3) is 0.143. The third-order valence-corrected chi connectivity index (χ3v) is 8.68. The number of hydrogen-bond donors (Lipinski definition) is 0. The first-order valence-corrected chi connectivity index (χ1v) is 14.6. The molecule has 0 aliphatic rings. The van der Waals surface area contributed by atoms with E-state index in [2.05, 4.69) is 0 Å². The Hall–Kier alpha value is -4.02. The molecular formula is C28H26O8S2. The molecule has 0 saturated carbocycles. The fourth-order valence-electron chi connectivity index (χ4n) is 3.34. The molecule has 0 N–H and O–H groups in total. The van der Waals surface area contributed by atoms with Crippen LogP contribution in [-0.2, 0) is 38.7 Å². The molecular weight excluding hydrogens is 528 g/mol. The van der Waals surface area contributed by atoms with Crippen molar-refractivity contribution in [2.24, 2.45) is 0 Å². The largest absolute Gasteiger partial charge is 0.462 e. The fourth-order valence-corrected chi connectivity index (χ4v) is 6.02. The van der Waals surface area contributed by atoms with Gasteiger partial charge in [0.15, 0.2) is 9.81 Å². The van der Waals surface area contributed by atoms with Crippen molar-refractivity contribution in [3.05, 3.63) is 106 Å². The van der Waals surface area contributed by atoms with Gasteiger partial charge >= 0.3 is 11.9 Å². The number of hydrogen-bond acceptors (Lipinski definition) is 8. The van der Waals surface area contributed by atoms with Crippen molar-refractivity contribution < 1.29 is 35.9 Å². The number of rotatable bonds is 10. The Morgan fingerprint density at radius 2 is 0.895 bits per heavy atom. The Balaban J connectivity index is 2.05. The van der Waals surface area contributed by atoms with Gasteiger partial charge in [0.25, 0.3) is 0 Å². The number of benzene rings is 3. The summed E-state index contributed by atoms with van der Waals surface area (Å²) in [7, 11) is -8.37. The minimum absolute atomic E-state index is 0.0171. The summed E-state index contributed by atoms with van der Waals surface area (Å²) in [6.07, 6.45) is 2.36. The van der Waals surface area contributed by atoms with Gasteiger partial charge in [0.2, 0.25) is 19.7 Å². The minimum atomic E-state index is -4.18. The maximum absolute atomic E-state index is 13.2. The zero-order valence-corrected chi connectivity index (χ0v) is 22.4. The van der Waals surface area contributed by atoms with Gasteiger partial charge in [0, 0.05) is 0 Å². The van der Waals surface area contributed by atoms with Gasteiger partial charge in [-0.25, -0.2) is 26.4 Å². The summed E-state index contributed by atoms with van der Waals surface area (Å²) in [4.78, 5) is 23.9. The number of esters is 2. The molecule has 3 aromatic rings. The summed E-state index contributed by atoms with van der Waals surface area (Å²) >= 11 is 0. The van der Waals surface area contributed by atoms with Crippen LogP contribution in [0.15, 0.2) is 105 Å². The molecule has 0 fully saturated rings. The monoisotopic (exact) mass is 554 g/mol. The molecule has 3 rings (SSSR count). The van der Waals surface area contributed by atoms with Crippen LogP contribution in [0, 0.1) is 0 Å². The predicted molar refractivity (Wildman–Crippen MR) is 143 cm³/mol. The smallest absolute Gasteiger partial charge is 0.350 e. The van der Waals surface area contributed by atoms with Crippen LogP contribution in [0.2, 0.25) is 0 Å². The summed E-state index contributed by atoms with van der Waals surface area (Å²) in [6, 6.07) is 20.9. The zero-order chi connectivity index (χ0) is 27.8. The van der Waals surface area contributed by atoms with E-state index in [1.54, 1.807) is 50.2 Å². The molecule has 0 amide bonds. The van der Waals surface area contributed by atoms with E-state index in [1.807, 2.05) is 0 Å². The lowest BCUT2D eigenvalue weighted by Crippen LogP contribution is -2.17. The molecule has 0 heterocycles. The normalized spacial score (nSPS) is 12.6. The predicted octanol–water partition coefficient (Wildman–Crippen LogP) is 4.44. The SMILES string of the molecule is CCOC(=O)C(=Cc1ccc(C=C(C(=O)OCC)S(=O)(=O)c2ccccc2)cc1)S(=O)(=O)c1ccccc1. The van der Waals surface area contributed by atoms with Crippen LogP contribution in [-0.4, -0.2) is 42.0 Å². The Morgan fingerprint density at radius 3 is 1.18 bits per heavy atom. The molecule has 198 valence electrons. The third kappa shape index (κ3) is 6.64. The average Bonchev–Trinajstić information content (AvgIpc) is 2.92. The molecule has 0 saturated heterocycles. The van der Waals surface area contributed by atoms with Gasteiger partial charge in [0.05, 0.1) is 23.0 Å². The van der Waals surface area contributed by atoms with E-state index < -0.39 is 41.4 Å². The molecule has 0 bridgehead atoms. The van der Waals surface area contributed by atoms with Gasteiger partial charge in [-0.3, -0.25) is 0 Å². The van der Waals surface area contributed by atoms with E-state index in [0.717, 1.165) is 0 Å². The van der Waals surface area contributed by atoms with Crippen molar-refractivity contribution in [3.8, 4) is 0 Å². The standard InChI is InChI=1S/C28H26O8S2/c1-3-35-27(29)25(37(31,32)23-11-7-5-8-12-23)19-21-15-17-22(18-16-21)20-26(28(30)36-4-2)38(33,34)24-13-9-6-10-14-24/h5-20H,3-4H2,1-2H3. The summed E-state index contributed by atoms with van der Waals surface area (Å²) in [5.74, 6) is -2.00. The van der Waals surface area contributed by atoms with Crippen LogP contribution in [0.4, 0.5) is 0 Å². The van der Waals surface area contributed by atoms with Gasteiger partial charge in [-0.1, -0.05) is 60.7 Å². The van der Waals surface area contributed by atoms with Crippen LogP contribution in [0.5, 0.6) is 0 Å². The van der Waals surface area contributed by atoms with E-state index >= 15 is 0 Å². The molecule has 0 unspecified atom stereocenters. The molecule has 3 aromatic carbocycles. The summed E-state index contributed by atoms with van der Waals surface area (Å²) in [5.41, 5.74) is 0.682. The number of ether oxygens (including phenoxy) is 2. The molecule has 0 aliphatic carbocycles. The maximum atomic E-state index is 13.2. The zero-order valence-electron chi connectivity index (χ0n) is 20.7.